The van der Waals surface area contributed by atoms with Crippen LogP contribution in [-0.2, 0) is 27.8 Å². The van der Waals surface area contributed by atoms with Crippen LogP contribution >= 0.6 is 11.8 Å². The molecular formula is C16H16N2O2S. The van der Waals surface area contributed by atoms with Gasteiger partial charge in [0.1, 0.15) is 11.2 Å². The minimum absolute atomic E-state index is 0.267. The standard InChI is InChI=1S/C16H16N2O2S/c1-20-15(19)16(14-17-8-7-13(18-14)21-2)9-11-5-3-4-6-12(11)10-16/h3-8H,9-10H2,1-2H3. The number of benzene rings is 1. The molecule has 0 fully saturated rings. The van der Waals surface area contributed by atoms with E-state index in [-0.39, 0.29) is 5.97 Å². The van der Waals surface area contributed by atoms with Crippen molar-refractivity contribution in [1.82, 2.24) is 9.97 Å². The molecule has 2 aromatic rings. The summed E-state index contributed by atoms with van der Waals surface area (Å²) in [6.45, 7) is 0. The lowest BCUT2D eigenvalue weighted by molar-refractivity contribution is -0.147. The second-order valence-electron chi connectivity index (χ2n) is 5.12. The summed E-state index contributed by atoms with van der Waals surface area (Å²) in [4.78, 5) is 21.4. The van der Waals surface area contributed by atoms with Gasteiger partial charge in [0.15, 0.2) is 0 Å². The van der Waals surface area contributed by atoms with Crippen LogP contribution in [-0.4, -0.2) is 29.3 Å². The van der Waals surface area contributed by atoms with E-state index in [1.54, 1.807) is 18.0 Å². The second-order valence-corrected chi connectivity index (χ2v) is 5.95. The Morgan fingerprint density at radius 3 is 2.48 bits per heavy atom. The zero-order chi connectivity index (χ0) is 14.9. The molecule has 1 aliphatic carbocycles. The van der Waals surface area contributed by atoms with E-state index in [1.807, 2.05) is 24.5 Å². The van der Waals surface area contributed by atoms with Crippen molar-refractivity contribution in [3.63, 3.8) is 0 Å². The van der Waals surface area contributed by atoms with Crippen LogP contribution in [0.25, 0.3) is 0 Å². The first-order valence-electron chi connectivity index (χ1n) is 6.72. The molecule has 0 saturated heterocycles. The van der Waals surface area contributed by atoms with Crippen molar-refractivity contribution in [2.75, 3.05) is 13.4 Å². The van der Waals surface area contributed by atoms with Crippen LogP contribution in [0.3, 0.4) is 0 Å². The van der Waals surface area contributed by atoms with E-state index in [0.717, 1.165) is 5.03 Å². The molecule has 1 aromatic heterocycles. The summed E-state index contributed by atoms with van der Waals surface area (Å²) in [5, 5.41) is 0.860. The number of hydrogen-bond acceptors (Lipinski definition) is 5. The number of methoxy groups -OCH3 is 1. The zero-order valence-electron chi connectivity index (χ0n) is 12.0. The molecule has 0 atom stereocenters. The molecule has 1 heterocycles. The summed E-state index contributed by atoms with van der Waals surface area (Å²) >= 11 is 1.54. The molecule has 0 N–H and O–H groups in total. The van der Waals surface area contributed by atoms with Crippen LogP contribution in [0, 0.1) is 0 Å². The highest BCUT2D eigenvalue weighted by Gasteiger charge is 2.48. The van der Waals surface area contributed by atoms with Gasteiger partial charge in [-0.2, -0.15) is 0 Å². The SMILES string of the molecule is COC(=O)C1(c2nccc(SC)n2)Cc2ccccc2C1. The first kappa shape index (κ1) is 14.1. The molecule has 5 heteroatoms. The number of aromatic nitrogens is 2. The molecule has 0 saturated carbocycles. The van der Waals surface area contributed by atoms with Gasteiger partial charge in [0, 0.05) is 6.20 Å². The van der Waals surface area contributed by atoms with Gasteiger partial charge in [0.25, 0.3) is 0 Å². The van der Waals surface area contributed by atoms with Gasteiger partial charge in [-0.05, 0) is 36.3 Å². The molecule has 108 valence electrons. The lowest BCUT2D eigenvalue weighted by Crippen LogP contribution is -2.39. The Kier molecular flexibility index (Phi) is 3.68. The van der Waals surface area contributed by atoms with Gasteiger partial charge in [0.2, 0.25) is 0 Å². The number of hydrogen-bond donors (Lipinski definition) is 0. The van der Waals surface area contributed by atoms with Crippen molar-refractivity contribution in [3.8, 4) is 0 Å². The van der Waals surface area contributed by atoms with Gasteiger partial charge < -0.3 is 4.74 Å². The van der Waals surface area contributed by atoms with E-state index >= 15 is 0 Å². The number of carbonyl (C=O) groups excluding carboxylic acids is 1. The predicted molar refractivity (Wildman–Crippen MR) is 81.4 cm³/mol. The number of thioether (sulfide) groups is 1. The van der Waals surface area contributed by atoms with Gasteiger partial charge in [-0.25, -0.2) is 9.97 Å². The highest BCUT2D eigenvalue weighted by Crippen LogP contribution is 2.39. The van der Waals surface area contributed by atoms with Crippen molar-refractivity contribution < 1.29 is 9.53 Å². The van der Waals surface area contributed by atoms with Crippen LogP contribution in [0.15, 0.2) is 41.6 Å². The minimum Gasteiger partial charge on any atom is -0.468 e. The number of carbonyl (C=O) groups is 1. The molecule has 1 aromatic carbocycles. The van der Waals surface area contributed by atoms with E-state index in [4.69, 9.17) is 4.74 Å². The summed E-state index contributed by atoms with van der Waals surface area (Å²) in [5.41, 5.74) is 1.53. The highest BCUT2D eigenvalue weighted by atomic mass is 32.2. The van der Waals surface area contributed by atoms with Gasteiger partial charge in [-0.3, -0.25) is 4.79 Å². The van der Waals surface area contributed by atoms with Crippen molar-refractivity contribution in [2.45, 2.75) is 23.3 Å². The first-order valence-corrected chi connectivity index (χ1v) is 7.95. The monoisotopic (exact) mass is 300 g/mol. The third kappa shape index (κ3) is 2.31. The van der Waals surface area contributed by atoms with E-state index in [9.17, 15) is 4.79 Å². The Morgan fingerprint density at radius 2 is 1.90 bits per heavy atom. The summed E-state index contributed by atoms with van der Waals surface area (Å²) in [6.07, 6.45) is 4.85. The average molecular weight is 300 g/mol. The second kappa shape index (κ2) is 5.48. The molecule has 0 bridgehead atoms. The van der Waals surface area contributed by atoms with Crippen LogP contribution in [0.5, 0.6) is 0 Å². The van der Waals surface area contributed by atoms with Gasteiger partial charge in [0.05, 0.1) is 12.1 Å². The lowest BCUT2D eigenvalue weighted by Gasteiger charge is -2.24. The maximum absolute atomic E-state index is 12.5. The quantitative estimate of drug-likeness (QED) is 0.495. The molecule has 21 heavy (non-hydrogen) atoms. The lowest BCUT2D eigenvalue weighted by atomic mass is 9.83. The highest BCUT2D eigenvalue weighted by molar-refractivity contribution is 7.98. The normalized spacial score (nSPS) is 15.5. The van der Waals surface area contributed by atoms with Gasteiger partial charge >= 0.3 is 5.97 Å². The summed E-state index contributed by atoms with van der Waals surface area (Å²) in [5.74, 6) is 0.286. The van der Waals surface area contributed by atoms with Crippen molar-refractivity contribution in [1.29, 1.82) is 0 Å². The molecule has 1 aliphatic rings. The average Bonchev–Trinajstić information content (AvgIpc) is 2.95. The fraction of sp³-hybridized carbons (Fsp3) is 0.312. The largest absolute Gasteiger partial charge is 0.468 e. The minimum atomic E-state index is -0.801. The Hall–Kier alpha value is -1.88. The Morgan fingerprint density at radius 1 is 1.24 bits per heavy atom. The molecular weight excluding hydrogens is 284 g/mol. The Bertz CT molecular complexity index is 662. The van der Waals surface area contributed by atoms with Crippen LogP contribution in [0.1, 0.15) is 17.0 Å². The number of ether oxygens (including phenoxy) is 1. The molecule has 0 amide bonds. The molecule has 0 aliphatic heterocycles. The third-order valence-corrected chi connectivity index (χ3v) is 4.59. The number of nitrogens with zero attached hydrogens (tertiary/aromatic N) is 2. The Balaban J connectivity index is 2.10. The van der Waals surface area contributed by atoms with Crippen molar-refractivity contribution in [3.05, 3.63) is 53.5 Å². The third-order valence-electron chi connectivity index (χ3n) is 3.95. The van der Waals surface area contributed by atoms with Crippen LogP contribution in [0.4, 0.5) is 0 Å². The van der Waals surface area contributed by atoms with Crippen LogP contribution in [0.2, 0.25) is 0 Å². The van der Waals surface area contributed by atoms with E-state index < -0.39 is 5.41 Å². The van der Waals surface area contributed by atoms with E-state index in [2.05, 4.69) is 22.1 Å². The van der Waals surface area contributed by atoms with E-state index in [0.29, 0.717) is 18.7 Å². The summed E-state index contributed by atoms with van der Waals surface area (Å²) in [7, 11) is 1.42. The fourth-order valence-electron chi connectivity index (χ4n) is 2.89. The predicted octanol–water partition coefficient (Wildman–Crippen LogP) is 2.41. The first-order chi connectivity index (χ1) is 10.2. The zero-order valence-corrected chi connectivity index (χ0v) is 12.8. The summed E-state index contributed by atoms with van der Waals surface area (Å²) in [6, 6.07) is 9.94. The van der Waals surface area contributed by atoms with E-state index in [1.165, 1.54) is 18.2 Å². The summed E-state index contributed by atoms with van der Waals surface area (Å²) < 4.78 is 5.07. The molecule has 0 unspecified atom stereocenters. The topological polar surface area (TPSA) is 52.1 Å². The van der Waals surface area contributed by atoms with Crippen molar-refractivity contribution >= 4 is 17.7 Å². The number of esters is 1. The van der Waals surface area contributed by atoms with Gasteiger partial charge in [-0.1, -0.05) is 24.3 Å². The maximum atomic E-state index is 12.5. The molecule has 4 nitrogen and oxygen atoms in total. The number of fused-ring (bicyclic) bond motifs is 1. The van der Waals surface area contributed by atoms with Gasteiger partial charge in [-0.15, -0.1) is 11.8 Å². The Labute approximate surface area is 128 Å². The smallest absolute Gasteiger partial charge is 0.320 e. The molecule has 3 rings (SSSR count). The fourth-order valence-corrected chi connectivity index (χ4v) is 3.27. The molecule has 0 radical (unpaired) electrons. The van der Waals surface area contributed by atoms with Crippen molar-refractivity contribution in [2.24, 2.45) is 0 Å². The van der Waals surface area contributed by atoms with Crippen LogP contribution < -0.4 is 0 Å². The molecule has 0 spiro atoms. The number of rotatable bonds is 3. The maximum Gasteiger partial charge on any atom is 0.320 e.